The van der Waals surface area contributed by atoms with E-state index in [1.165, 1.54) is 0 Å². The van der Waals surface area contributed by atoms with Crippen molar-refractivity contribution < 1.29 is 9.32 Å². The SMILES string of the molecule is CC1=C(c2nc(-c3cccc(Cl)c3)no2)C(c2cccc(Cl)c2)NC(=O)N1Cc1ccccc1. The predicted molar refractivity (Wildman–Crippen MR) is 132 cm³/mol. The number of hydrogen-bond acceptors (Lipinski definition) is 4. The Hall–Kier alpha value is -3.61. The van der Waals surface area contributed by atoms with Gasteiger partial charge in [-0.2, -0.15) is 4.98 Å². The molecule has 170 valence electrons. The molecular formula is C26H20Cl2N4O2. The molecule has 0 bridgehead atoms. The van der Waals surface area contributed by atoms with Crippen LogP contribution in [0.3, 0.4) is 0 Å². The molecule has 8 heteroatoms. The third kappa shape index (κ3) is 4.42. The van der Waals surface area contributed by atoms with Gasteiger partial charge in [0.1, 0.15) is 0 Å². The first kappa shape index (κ1) is 22.2. The zero-order valence-corrected chi connectivity index (χ0v) is 19.7. The molecular weight excluding hydrogens is 471 g/mol. The quantitative estimate of drug-likeness (QED) is 0.336. The van der Waals surface area contributed by atoms with Crippen molar-refractivity contribution in [1.82, 2.24) is 20.4 Å². The second-order valence-corrected chi connectivity index (χ2v) is 8.81. The summed E-state index contributed by atoms with van der Waals surface area (Å²) in [6, 6.07) is 23.7. The third-order valence-corrected chi connectivity index (χ3v) is 6.17. The number of nitrogens with zero attached hydrogens (tertiary/aromatic N) is 3. The number of halogens is 2. The van der Waals surface area contributed by atoms with Crippen molar-refractivity contribution in [2.75, 3.05) is 0 Å². The first-order valence-corrected chi connectivity index (χ1v) is 11.4. The van der Waals surface area contributed by atoms with E-state index in [4.69, 9.17) is 27.7 Å². The molecule has 1 N–H and O–H groups in total. The molecule has 1 unspecified atom stereocenters. The number of nitrogens with one attached hydrogen (secondary N) is 1. The van der Waals surface area contributed by atoms with E-state index in [0.717, 1.165) is 22.4 Å². The van der Waals surface area contributed by atoms with Crippen LogP contribution >= 0.6 is 23.2 Å². The Balaban J connectivity index is 1.61. The molecule has 0 spiro atoms. The highest BCUT2D eigenvalue weighted by molar-refractivity contribution is 6.31. The lowest BCUT2D eigenvalue weighted by atomic mass is 9.94. The summed E-state index contributed by atoms with van der Waals surface area (Å²) < 4.78 is 5.71. The molecule has 34 heavy (non-hydrogen) atoms. The zero-order valence-electron chi connectivity index (χ0n) is 18.2. The number of amides is 2. The summed E-state index contributed by atoms with van der Waals surface area (Å²) >= 11 is 12.4. The highest BCUT2D eigenvalue weighted by atomic mass is 35.5. The second kappa shape index (κ2) is 9.33. The van der Waals surface area contributed by atoms with Gasteiger partial charge >= 0.3 is 6.03 Å². The molecule has 1 aromatic heterocycles. The molecule has 3 aromatic carbocycles. The molecule has 0 saturated heterocycles. The lowest BCUT2D eigenvalue weighted by Crippen LogP contribution is -2.45. The molecule has 0 aliphatic carbocycles. The van der Waals surface area contributed by atoms with Gasteiger partial charge in [-0.25, -0.2) is 4.79 Å². The van der Waals surface area contributed by atoms with Crippen LogP contribution in [0.2, 0.25) is 10.0 Å². The minimum atomic E-state index is -0.508. The fraction of sp³-hybridized carbons (Fsp3) is 0.115. The van der Waals surface area contributed by atoms with Gasteiger partial charge in [0.15, 0.2) is 0 Å². The summed E-state index contributed by atoms with van der Waals surface area (Å²) in [5.74, 6) is 0.727. The van der Waals surface area contributed by atoms with Crippen LogP contribution in [0.25, 0.3) is 17.0 Å². The molecule has 2 heterocycles. The van der Waals surface area contributed by atoms with Crippen LogP contribution in [-0.4, -0.2) is 21.1 Å². The van der Waals surface area contributed by atoms with Gasteiger partial charge in [0.05, 0.1) is 18.2 Å². The summed E-state index contributed by atoms with van der Waals surface area (Å²) in [6.45, 7) is 2.29. The number of hydrogen-bond donors (Lipinski definition) is 1. The fourth-order valence-corrected chi connectivity index (χ4v) is 4.42. The van der Waals surface area contributed by atoms with Gasteiger partial charge in [0.25, 0.3) is 5.89 Å². The Labute approximate surface area is 206 Å². The van der Waals surface area contributed by atoms with Crippen LogP contribution in [0.15, 0.2) is 89.1 Å². The largest absolute Gasteiger partial charge is 0.334 e. The fourth-order valence-electron chi connectivity index (χ4n) is 4.03. The van der Waals surface area contributed by atoms with Crippen molar-refractivity contribution >= 4 is 34.8 Å². The number of carbonyl (C=O) groups is 1. The van der Waals surface area contributed by atoms with E-state index >= 15 is 0 Å². The molecule has 1 atom stereocenters. The number of allylic oxidation sites excluding steroid dienone is 1. The number of carbonyl (C=O) groups excluding carboxylic acids is 1. The first-order chi connectivity index (χ1) is 16.5. The molecule has 0 fully saturated rings. The van der Waals surface area contributed by atoms with Crippen LogP contribution in [-0.2, 0) is 6.54 Å². The Bertz CT molecular complexity index is 1380. The predicted octanol–water partition coefficient (Wildman–Crippen LogP) is 6.74. The molecule has 6 nitrogen and oxygen atoms in total. The van der Waals surface area contributed by atoms with E-state index in [2.05, 4.69) is 15.5 Å². The molecule has 4 aromatic rings. The Kier molecular flexibility index (Phi) is 6.09. The highest BCUT2D eigenvalue weighted by Crippen LogP contribution is 2.38. The summed E-state index contributed by atoms with van der Waals surface area (Å²) in [6.07, 6.45) is 0. The van der Waals surface area contributed by atoms with Gasteiger partial charge < -0.3 is 9.84 Å². The molecule has 1 aliphatic rings. The van der Waals surface area contributed by atoms with Crippen molar-refractivity contribution in [2.45, 2.75) is 19.5 Å². The van der Waals surface area contributed by atoms with Crippen molar-refractivity contribution in [1.29, 1.82) is 0 Å². The summed E-state index contributed by atoms with van der Waals surface area (Å²) in [5.41, 5.74) is 3.98. The van der Waals surface area contributed by atoms with Crippen molar-refractivity contribution in [3.8, 4) is 11.4 Å². The third-order valence-electron chi connectivity index (χ3n) is 5.70. The maximum absolute atomic E-state index is 13.2. The number of rotatable bonds is 5. The van der Waals surface area contributed by atoms with Gasteiger partial charge in [0, 0.05) is 21.3 Å². The molecule has 2 amide bonds. The monoisotopic (exact) mass is 490 g/mol. The minimum Gasteiger partial charge on any atom is -0.334 e. The molecule has 0 saturated carbocycles. The lowest BCUT2D eigenvalue weighted by Gasteiger charge is -2.35. The number of urea groups is 1. The lowest BCUT2D eigenvalue weighted by molar-refractivity contribution is 0.203. The van der Waals surface area contributed by atoms with E-state index in [0.29, 0.717) is 33.9 Å². The standard InChI is InChI=1S/C26H20Cl2N4O2/c1-16-22(25-30-24(31-34-25)19-10-6-12-21(28)14-19)23(18-9-5-11-20(27)13-18)29-26(33)32(16)15-17-7-3-2-4-8-17/h2-14,23H,15H2,1H3,(H,29,33). The zero-order chi connectivity index (χ0) is 23.7. The average molecular weight is 491 g/mol. The maximum atomic E-state index is 13.2. The highest BCUT2D eigenvalue weighted by Gasteiger charge is 2.35. The van der Waals surface area contributed by atoms with Crippen molar-refractivity contribution in [2.24, 2.45) is 0 Å². The average Bonchev–Trinajstić information content (AvgIpc) is 3.32. The van der Waals surface area contributed by atoms with Gasteiger partial charge in [-0.1, -0.05) is 83.0 Å². The van der Waals surface area contributed by atoms with Crippen LogP contribution in [0.5, 0.6) is 0 Å². The molecule has 5 rings (SSSR count). The van der Waals surface area contributed by atoms with E-state index in [1.54, 1.807) is 23.1 Å². The van der Waals surface area contributed by atoms with Gasteiger partial charge in [-0.3, -0.25) is 4.90 Å². The Morgan fingerprint density at radius 2 is 1.71 bits per heavy atom. The smallest absolute Gasteiger partial charge is 0.322 e. The van der Waals surface area contributed by atoms with Crippen LogP contribution < -0.4 is 5.32 Å². The van der Waals surface area contributed by atoms with Crippen LogP contribution in [0.4, 0.5) is 4.79 Å². The minimum absolute atomic E-state index is 0.218. The Morgan fingerprint density at radius 3 is 2.44 bits per heavy atom. The summed E-state index contributed by atoms with van der Waals surface area (Å²) in [4.78, 5) is 19.5. The van der Waals surface area contributed by atoms with Gasteiger partial charge in [0.2, 0.25) is 5.82 Å². The van der Waals surface area contributed by atoms with Crippen molar-refractivity contribution in [3.63, 3.8) is 0 Å². The van der Waals surface area contributed by atoms with Crippen molar-refractivity contribution in [3.05, 3.63) is 112 Å². The summed E-state index contributed by atoms with van der Waals surface area (Å²) in [7, 11) is 0. The van der Waals surface area contributed by atoms with Crippen LogP contribution in [0, 0.1) is 0 Å². The van der Waals surface area contributed by atoms with E-state index in [9.17, 15) is 4.79 Å². The second-order valence-electron chi connectivity index (χ2n) is 7.94. The number of aromatic nitrogens is 2. The Morgan fingerprint density at radius 1 is 0.971 bits per heavy atom. The molecule has 0 radical (unpaired) electrons. The van der Waals surface area contributed by atoms with Crippen LogP contribution in [0.1, 0.15) is 30.0 Å². The normalized spacial score (nSPS) is 16.0. The molecule has 1 aliphatic heterocycles. The van der Waals surface area contributed by atoms with E-state index in [-0.39, 0.29) is 6.03 Å². The van der Waals surface area contributed by atoms with Gasteiger partial charge in [-0.05, 0) is 42.3 Å². The van der Waals surface area contributed by atoms with E-state index < -0.39 is 6.04 Å². The number of benzene rings is 3. The summed E-state index contributed by atoms with van der Waals surface area (Å²) in [5, 5.41) is 8.41. The first-order valence-electron chi connectivity index (χ1n) is 10.7. The van der Waals surface area contributed by atoms with Gasteiger partial charge in [-0.15, -0.1) is 0 Å². The maximum Gasteiger partial charge on any atom is 0.322 e. The topological polar surface area (TPSA) is 71.3 Å². The van der Waals surface area contributed by atoms with E-state index in [1.807, 2.05) is 67.6 Å².